The van der Waals surface area contributed by atoms with Gasteiger partial charge >= 0.3 is 16.5 Å². The molecule has 0 aliphatic carbocycles. The van der Waals surface area contributed by atoms with Gasteiger partial charge in [0.05, 0.1) is 21.3 Å². The Labute approximate surface area is 383 Å². The fourth-order valence-electron chi connectivity index (χ4n) is 7.99. The minimum atomic E-state index is -2.16. The lowest BCUT2D eigenvalue weighted by Crippen LogP contribution is -2.11. The first-order valence-electron chi connectivity index (χ1n) is 21.8. The van der Waals surface area contributed by atoms with E-state index in [4.69, 9.17) is 40.0 Å². The first-order valence-corrected chi connectivity index (χ1v) is 24.0. The van der Waals surface area contributed by atoms with Crippen molar-refractivity contribution in [1.29, 1.82) is 0 Å². The van der Waals surface area contributed by atoms with Crippen molar-refractivity contribution >= 4 is 60.4 Å². The van der Waals surface area contributed by atoms with Crippen molar-refractivity contribution in [3.05, 3.63) is 124 Å². The number of rotatable bonds is 8. The van der Waals surface area contributed by atoms with Crippen LogP contribution in [0, 0.1) is 20.8 Å². The molecule has 2 heterocycles. The minimum Gasteiger partial charge on any atom is -0.493 e. The van der Waals surface area contributed by atoms with E-state index in [1.54, 1.807) is 21.3 Å². The van der Waals surface area contributed by atoms with E-state index < -0.39 is 16.5 Å². The van der Waals surface area contributed by atoms with E-state index in [1.165, 1.54) is 0 Å². The third-order valence-corrected chi connectivity index (χ3v) is 13.7. The molecule has 11 heteroatoms. The number of methoxy groups -OCH3 is 3. The Hall–Kier alpha value is -5.88. The molecule has 8 rings (SSSR count). The van der Waals surface area contributed by atoms with Crippen molar-refractivity contribution in [2.45, 2.75) is 99.3 Å². The zero-order valence-electron chi connectivity index (χ0n) is 40.2. The number of ether oxygens (including phenoxy) is 3. The van der Waals surface area contributed by atoms with E-state index in [0.717, 1.165) is 60.5 Å². The Morgan fingerprint density at radius 1 is 0.385 bits per heavy atom. The summed E-state index contributed by atoms with van der Waals surface area (Å²) in [5.74, 6) is 2.61. The molecular formula is C54H60O9P2. The quantitative estimate of drug-likeness (QED) is 0.148. The molecule has 8 aromatic rings. The first kappa shape index (κ1) is 45.7. The van der Waals surface area contributed by atoms with Gasteiger partial charge in [-0.2, -0.15) is 0 Å². The van der Waals surface area contributed by atoms with Crippen LogP contribution in [0.5, 0.6) is 28.7 Å². The Morgan fingerprint density at radius 2 is 0.800 bits per heavy atom. The fourth-order valence-corrected chi connectivity index (χ4v) is 10.2. The first-order chi connectivity index (χ1) is 30.6. The van der Waals surface area contributed by atoms with E-state index >= 15 is 0 Å². The second-order valence-electron chi connectivity index (χ2n) is 19.9. The lowest BCUT2D eigenvalue weighted by Gasteiger charge is -2.22. The molecule has 0 amide bonds. The summed E-state index contributed by atoms with van der Waals surface area (Å²) in [7, 11) is 0.639. The van der Waals surface area contributed by atoms with Crippen molar-refractivity contribution < 1.29 is 40.0 Å². The number of aryl methyl sites for hydroxylation is 3. The van der Waals surface area contributed by atoms with Crippen LogP contribution in [0.2, 0.25) is 0 Å². The van der Waals surface area contributed by atoms with E-state index in [-0.39, 0.29) is 16.2 Å². The van der Waals surface area contributed by atoms with Crippen molar-refractivity contribution in [3.63, 3.8) is 0 Å². The topological polar surface area (TPSA) is 98.7 Å². The highest BCUT2D eigenvalue weighted by molar-refractivity contribution is 7.32. The van der Waals surface area contributed by atoms with Crippen LogP contribution in [0.3, 0.4) is 0 Å². The van der Waals surface area contributed by atoms with Gasteiger partial charge < -0.3 is 40.0 Å². The van der Waals surface area contributed by atoms with Crippen molar-refractivity contribution in [2.24, 2.45) is 0 Å². The maximum atomic E-state index is 7.08. The molecule has 0 N–H and O–H groups in total. The van der Waals surface area contributed by atoms with Crippen LogP contribution < -0.4 is 23.3 Å². The summed E-state index contributed by atoms with van der Waals surface area (Å²) >= 11 is 0. The number of hydrogen-bond acceptors (Lipinski definition) is 9. The lowest BCUT2D eigenvalue weighted by molar-refractivity contribution is 0.389. The van der Waals surface area contributed by atoms with E-state index in [1.807, 2.05) is 39.0 Å². The standard InChI is InChI=1S/C54H60O9P2/c1-31-22-40-37-19-16-34(52(4,5)6)28-43(37)58-64(61-49(40)46(25-31)55-13)59-44-29-35(53(7,8)9)17-20-38(44)41-23-32(2)26-47(56-14)50(41)62-65-60-45-30-36(54(10,11)12)18-21-39(45)42-24-33(3)27-48(57-15)51(42)63-65/h16-30H,1-15H3. The highest BCUT2D eigenvalue weighted by Crippen LogP contribution is 2.51. The fraction of sp³-hybridized carbons (Fsp3) is 0.333. The molecule has 0 fully saturated rings. The van der Waals surface area contributed by atoms with Gasteiger partial charge in [-0.05, 0) is 125 Å². The van der Waals surface area contributed by atoms with Gasteiger partial charge in [0.2, 0.25) is 0 Å². The zero-order valence-corrected chi connectivity index (χ0v) is 42.0. The zero-order chi connectivity index (χ0) is 46.7. The largest absolute Gasteiger partial charge is 0.493 e. The van der Waals surface area contributed by atoms with Crippen LogP contribution in [-0.4, -0.2) is 21.3 Å². The van der Waals surface area contributed by atoms with Gasteiger partial charge in [-0.25, -0.2) is 0 Å². The third kappa shape index (κ3) is 9.19. The maximum Gasteiger partial charge on any atom is 0.453 e. The van der Waals surface area contributed by atoms with Crippen LogP contribution in [0.15, 0.2) is 108 Å². The predicted octanol–water partition coefficient (Wildman–Crippen LogP) is 17.1. The predicted molar refractivity (Wildman–Crippen MR) is 267 cm³/mol. The Balaban J connectivity index is 1.39. The smallest absolute Gasteiger partial charge is 0.453 e. The average Bonchev–Trinajstić information content (AvgIpc) is 3.49. The average molecular weight is 915 g/mol. The Morgan fingerprint density at radius 3 is 1.26 bits per heavy atom. The molecule has 2 atom stereocenters. The van der Waals surface area contributed by atoms with Crippen molar-refractivity contribution in [3.8, 4) is 39.9 Å². The summed E-state index contributed by atoms with van der Waals surface area (Å²) in [4.78, 5) is 0. The van der Waals surface area contributed by atoms with E-state index in [2.05, 4.69) is 135 Å². The van der Waals surface area contributed by atoms with Crippen LogP contribution in [0.1, 0.15) is 95.7 Å². The second-order valence-corrected chi connectivity index (χ2v) is 21.9. The van der Waals surface area contributed by atoms with Gasteiger partial charge in [0.15, 0.2) is 34.2 Å². The minimum absolute atomic E-state index is 0.132. The summed E-state index contributed by atoms with van der Waals surface area (Å²) in [5.41, 5.74) is 9.60. The molecule has 9 nitrogen and oxygen atoms in total. The molecule has 0 saturated heterocycles. The highest BCUT2D eigenvalue weighted by Gasteiger charge is 2.26. The second kappa shape index (κ2) is 17.2. The number of fused-ring (bicyclic) bond motifs is 6. The van der Waals surface area contributed by atoms with Crippen molar-refractivity contribution in [2.75, 3.05) is 21.3 Å². The Bertz CT molecular complexity index is 3210. The van der Waals surface area contributed by atoms with E-state index in [0.29, 0.717) is 56.6 Å². The van der Waals surface area contributed by atoms with Gasteiger partial charge in [0.25, 0.3) is 0 Å². The van der Waals surface area contributed by atoms with Gasteiger partial charge in [-0.1, -0.05) is 98.7 Å². The van der Waals surface area contributed by atoms with Gasteiger partial charge in [0.1, 0.15) is 16.9 Å². The van der Waals surface area contributed by atoms with Crippen LogP contribution in [0.25, 0.3) is 55.0 Å². The van der Waals surface area contributed by atoms with Crippen LogP contribution in [-0.2, 0) is 16.2 Å². The summed E-state index contributed by atoms with van der Waals surface area (Å²) in [6.45, 7) is 25.7. The SMILES string of the molecule is COc1cc(C)cc(-c2ccc(C(C)(C)C)cc2Op2oc3cc(C(C)(C)C)ccc3c3cc(C)cc(OC)c3o2)c1Op1oc2cc(C(C)(C)C)ccc2c2cc(C)cc(OC)c2o1. The molecule has 2 aromatic heterocycles. The molecule has 0 radical (unpaired) electrons. The summed E-state index contributed by atoms with van der Waals surface area (Å²) in [6.07, 6.45) is 0. The summed E-state index contributed by atoms with van der Waals surface area (Å²) in [6, 6.07) is 31.0. The Kier molecular flexibility index (Phi) is 12.1. The summed E-state index contributed by atoms with van der Waals surface area (Å²) in [5, 5.41) is 3.49. The molecule has 6 aromatic carbocycles. The molecule has 0 aliphatic heterocycles. The van der Waals surface area contributed by atoms with Gasteiger partial charge in [-0.15, -0.1) is 0 Å². The third-order valence-electron chi connectivity index (χ3n) is 11.7. The molecule has 0 bridgehead atoms. The molecule has 340 valence electrons. The molecule has 0 saturated carbocycles. The molecule has 2 unspecified atom stereocenters. The van der Waals surface area contributed by atoms with Crippen LogP contribution in [0.4, 0.5) is 0 Å². The molecular weight excluding hydrogens is 855 g/mol. The molecule has 65 heavy (non-hydrogen) atoms. The monoisotopic (exact) mass is 914 g/mol. The number of hydrogen-bond donors (Lipinski definition) is 0. The van der Waals surface area contributed by atoms with Gasteiger partial charge in [-0.3, -0.25) is 0 Å². The molecule has 0 spiro atoms. The normalized spacial score (nSPS) is 12.8. The highest BCUT2D eigenvalue weighted by atomic mass is 31.1. The van der Waals surface area contributed by atoms with Crippen LogP contribution >= 0.6 is 16.5 Å². The summed E-state index contributed by atoms with van der Waals surface area (Å²) < 4.78 is 59.4. The number of benzene rings is 6. The van der Waals surface area contributed by atoms with Crippen molar-refractivity contribution in [1.82, 2.24) is 0 Å². The van der Waals surface area contributed by atoms with E-state index in [9.17, 15) is 0 Å². The lowest BCUT2D eigenvalue weighted by atomic mass is 9.85. The molecule has 0 aliphatic rings. The maximum absolute atomic E-state index is 7.08. The van der Waals surface area contributed by atoms with Gasteiger partial charge in [0, 0.05) is 32.7 Å².